The summed E-state index contributed by atoms with van der Waals surface area (Å²) < 4.78 is 2.06. The first-order valence-electron chi connectivity index (χ1n) is 9.55. The van der Waals surface area contributed by atoms with Crippen molar-refractivity contribution >= 4 is 51.8 Å². The fraction of sp³-hybridized carbons (Fsp3) is 0.0400. The van der Waals surface area contributed by atoms with E-state index in [1.165, 1.54) is 0 Å². The van der Waals surface area contributed by atoms with Crippen LogP contribution in [0.15, 0.2) is 84.6 Å². The summed E-state index contributed by atoms with van der Waals surface area (Å²) in [5, 5.41) is 14.3. The van der Waals surface area contributed by atoms with Gasteiger partial charge in [-0.1, -0.05) is 65.7 Å². The molecule has 0 fully saturated rings. The first-order valence-corrected chi connectivity index (χ1v) is 10.3. The number of para-hydroxylation sites is 2. The predicted octanol–water partition coefficient (Wildman–Crippen LogP) is 6.54. The van der Waals surface area contributed by atoms with E-state index in [-0.39, 0.29) is 5.57 Å². The molecule has 1 amide bonds. The lowest BCUT2D eigenvalue weighted by Gasteiger charge is -2.06. The van der Waals surface area contributed by atoms with Gasteiger partial charge >= 0.3 is 0 Å². The third kappa shape index (κ3) is 4.64. The number of rotatable bonds is 5. The van der Waals surface area contributed by atoms with E-state index in [4.69, 9.17) is 23.2 Å². The van der Waals surface area contributed by atoms with Gasteiger partial charge in [0.1, 0.15) is 11.6 Å². The number of hydrogen-bond donors (Lipinski definition) is 1. The smallest absolute Gasteiger partial charge is 0.266 e. The molecule has 0 saturated heterocycles. The van der Waals surface area contributed by atoms with E-state index in [2.05, 4.69) is 9.88 Å². The lowest BCUT2D eigenvalue weighted by atomic mass is 10.1. The molecule has 0 aliphatic rings. The Bertz CT molecular complexity index is 1330. The minimum Gasteiger partial charge on any atom is -0.342 e. The van der Waals surface area contributed by atoms with Gasteiger partial charge in [-0.25, -0.2) is 0 Å². The zero-order valence-corrected chi connectivity index (χ0v) is 17.9. The second-order valence-electron chi connectivity index (χ2n) is 6.97. The Balaban J connectivity index is 1.69. The number of aromatic nitrogens is 1. The first kappa shape index (κ1) is 20.7. The number of nitrogens with zero attached hydrogens (tertiary/aromatic N) is 2. The van der Waals surface area contributed by atoms with Crippen molar-refractivity contribution < 1.29 is 4.79 Å². The number of benzene rings is 3. The number of carbonyl (C=O) groups excluding carboxylic acids is 1. The van der Waals surface area contributed by atoms with Crippen molar-refractivity contribution in [2.75, 3.05) is 5.32 Å². The predicted molar refractivity (Wildman–Crippen MR) is 126 cm³/mol. The van der Waals surface area contributed by atoms with Crippen LogP contribution >= 0.6 is 23.2 Å². The van der Waals surface area contributed by atoms with Gasteiger partial charge in [-0.2, -0.15) is 5.26 Å². The van der Waals surface area contributed by atoms with Gasteiger partial charge < -0.3 is 9.88 Å². The van der Waals surface area contributed by atoms with Gasteiger partial charge in [-0.3, -0.25) is 4.79 Å². The molecule has 4 rings (SSSR count). The fourth-order valence-corrected chi connectivity index (χ4v) is 3.70. The maximum atomic E-state index is 12.6. The Morgan fingerprint density at radius 2 is 1.74 bits per heavy atom. The Morgan fingerprint density at radius 1 is 1.00 bits per heavy atom. The lowest BCUT2D eigenvalue weighted by molar-refractivity contribution is -0.112. The normalized spacial score (nSPS) is 11.3. The van der Waals surface area contributed by atoms with Crippen LogP contribution in [0.2, 0.25) is 10.0 Å². The number of nitriles is 1. The Kier molecular flexibility index (Phi) is 6.08. The summed E-state index contributed by atoms with van der Waals surface area (Å²) in [5.41, 5.74) is 3.43. The zero-order chi connectivity index (χ0) is 21.8. The van der Waals surface area contributed by atoms with E-state index in [1.54, 1.807) is 24.3 Å². The van der Waals surface area contributed by atoms with Gasteiger partial charge in [-0.15, -0.1) is 0 Å². The van der Waals surface area contributed by atoms with Gasteiger partial charge in [0.2, 0.25) is 0 Å². The van der Waals surface area contributed by atoms with Crippen molar-refractivity contribution in [3.8, 4) is 6.07 Å². The summed E-state index contributed by atoms with van der Waals surface area (Å²) in [6, 6.07) is 24.4. The van der Waals surface area contributed by atoms with Crippen LogP contribution in [0.3, 0.4) is 0 Å². The highest BCUT2D eigenvalue weighted by Crippen LogP contribution is 2.27. The molecule has 4 aromatic rings. The second-order valence-corrected chi connectivity index (χ2v) is 7.78. The molecule has 152 valence electrons. The molecule has 1 N–H and O–H groups in total. The quantitative estimate of drug-likeness (QED) is 0.280. The number of anilines is 1. The summed E-state index contributed by atoms with van der Waals surface area (Å²) in [7, 11) is 0. The van der Waals surface area contributed by atoms with E-state index >= 15 is 0 Å². The number of nitrogens with one attached hydrogen (secondary N) is 1. The van der Waals surface area contributed by atoms with Crippen LogP contribution in [0, 0.1) is 11.3 Å². The number of hydrogen-bond acceptors (Lipinski definition) is 2. The highest BCUT2D eigenvalue weighted by Gasteiger charge is 2.13. The summed E-state index contributed by atoms with van der Waals surface area (Å²) in [5.74, 6) is -0.449. The van der Waals surface area contributed by atoms with Crippen LogP contribution in [0.5, 0.6) is 0 Å². The number of amides is 1. The topological polar surface area (TPSA) is 57.8 Å². The molecule has 0 radical (unpaired) electrons. The summed E-state index contributed by atoms with van der Waals surface area (Å²) in [6.07, 6.45) is 3.55. The van der Waals surface area contributed by atoms with Crippen LogP contribution < -0.4 is 5.32 Å². The van der Waals surface area contributed by atoms with E-state index in [9.17, 15) is 10.1 Å². The molecule has 0 saturated carbocycles. The van der Waals surface area contributed by atoms with Gasteiger partial charge in [-0.05, 0) is 42.0 Å². The molecule has 1 heterocycles. The highest BCUT2D eigenvalue weighted by molar-refractivity contribution is 6.42. The first-order chi connectivity index (χ1) is 15.0. The zero-order valence-electron chi connectivity index (χ0n) is 16.3. The average molecular weight is 446 g/mol. The molecule has 0 aliphatic carbocycles. The molecule has 0 atom stereocenters. The molecule has 1 aromatic heterocycles. The maximum Gasteiger partial charge on any atom is 0.266 e. The molecular weight excluding hydrogens is 429 g/mol. The molecule has 0 bridgehead atoms. The molecule has 6 heteroatoms. The van der Waals surface area contributed by atoms with E-state index in [0.717, 1.165) is 22.0 Å². The molecule has 4 nitrogen and oxygen atoms in total. The molecule has 0 unspecified atom stereocenters. The van der Waals surface area contributed by atoms with Crippen molar-refractivity contribution in [1.29, 1.82) is 5.26 Å². The highest BCUT2D eigenvalue weighted by atomic mass is 35.5. The van der Waals surface area contributed by atoms with Crippen LogP contribution in [0.1, 0.15) is 11.1 Å². The van der Waals surface area contributed by atoms with Crippen molar-refractivity contribution in [3.05, 3.63) is 106 Å². The van der Waals surface area contributed by atoms with Crippen LogP contribution in [0.4, 0.5) is 5.69 Å². The number of fused-ring (bicyclic) bond motifs is 1. The summed E-state index contributed by atoms with van der Waals surface area (Å²) in [6.45, 7) is 0.573. The Hall–Kier alpha value is -3.52. The van der Waals surface area contributed by atoms with Crippen molar-refractivity contribution in [2.45, 2.75) is 6.54 Å². The Labute approximate surface area is 189 Å². The average Bonchev–Trinajstić information content (AvgIpc) is 3.12. The summed E-state index contributed by atoms with van der Waals surface area (Å²) in [4.78, 5) is 12.6. The van der Waals surface area contributed by atoms with E-state index in [0.29, 0.717) is 22.3 Å². The van der Waals surface area contributed by atoms with E-state index in [1.807, 2.05) is 66.9 Å². The largest absolute Gasteiger partial charge is 0.342 e. The summed E-state index contributed by atoms with van der Waals surface area (Å²) >= 11 is 12.2. The van der Waals surface area contributed by atoms with Gasteiger partial charge in [0.15, 0.2) is 0 Å². The van der Waals surface area contributed by atoms with Crippen molar-refractivity contribution in [3.63, 3.8) is 0 Å². The monoisotopic (exact) mass is 445 g/mol. The van der Waals surface area contributed by atoms with Crippen LogP contribution in [-0.4, -0.2) is 10.5 Å². The third-order valence-corrected chi connectivity index (χ3v) is 5.59. The van der Waals surface area contributed by atoms with Crippen molar-refractivity contribution in [2.24, 2.45) is 0 Å². The van der Waals surface area contributed by atoms with Crippen molar-refractivity contribution in [1.82, 2.24) is 4.57 Å². The van der Waals surface area contributed by atoms with Gasteiger partial charge in [0.25, 0.3) is 5.91 Å². The standard InChI is InChI=1S/C25H17Cl2N3O/c26-22-11-10-17(12-23(22)27)15-30-16-19(21-8-4-5-9-24(21)30)13-18(14-28)25(31)29-20-6-2-1-3-7-20/h1-13,16H,15H2,(H,29,31). The van der Waals surface area contributed by atoms with Gasteiger partial charge in [0, 0.05) is 34.9 Å². The molecule has 3 aromatic carbocycles. The SMILES string of the molecule is N#CC(=Cc1cn(Cc2ccc(Cl)c(Cl)c2)c2ccccc12)C(=O)Nc1ccccc1. The lowest BCUT2D eigenvalue weighted by Crippen LogP contribution is -2.13. The molecule has 31 heavy (non-hydrogen) atoms. The minimum atomic E-state index is -0.449. The minimum absolute atomic E-state index is 0.0290. The molecular formula is C25H17Cl2N3O. The molecule has 0 spiro atoms. The number of halogens is 2. The van der Waals surface area contributed by atoms with Gasteiger partial charge in [0.05, 0.1) is 10.0 Å². The Morgan fingerprint density at radius 3 is 2.48 bits per heavy atom. The van der Waals surface area contributed by atoms with Crippen LogP contribution in [-0.2, 0) is 11.3 Å². The van der Waals surface area contributed by atoms with E-state index < -0.39 is 5.91 Å². The van der Waals surface area contributed by atoms with Crippen LogP contribution in [0.25, 0.3) is 17.0 Å². The fourth-order valence-electron chi connectivity index (χ4n) is 3.38. The second kappa shape index (κ2) is 9.09. The maximum absolute atomic E-state index is 12.6. The third-order valence-electron chi connectivity index (χ3n) is 4.85. The molecule has 0 aliphatic heterocycles. The number of carbonyl (C=O) groups is 1.